The molecule has 3 rings (SSSR count). The number of nitrogens with one attached hydrogen (secondary N) is 2. The van der Waals surface area contributed by atoms with E-state index in [1.165, 1.54) is 49.7 Å². The molecule has 0 aromatic heterocycles. The van der Waals surface area contributed by atoms with Gasteiger partial charge in [0.25, 0.3) is 0 Å². The molecule has 0 aliphatic heterocycles. The van der Waals surface area contributed by atoms with Gasteiger partial charge in [0.1, 0.15) is 0 Å². The summed E-state index contributed by atoms with van der Waals surface area (Å²) in [6, 6.07) is 8.91. The van der Waals surface area contributed by atoms with E-state index in [1.54, 1.807) is 7.11 Å². The standard InChI is InChI=1S/C21H33N3O/c1-22-20(24-16-21(11-6-12-21)13-14-25-2)23-15-18-9-5-8-17-7-3-4-10-19(17)18/h3-4,7,10,18H,5-6,8-9,11-16H2,1-2H3,(H2,22,23,24). The molecule has 0 heterocycles. The minimum Gasteiger partial charge on any atom is -0.385 e. The number of guanidine groups is 1. The van der Waals surface area contributed by atoms with Crippen LogP contribution in [0.2, 0.25) is 0 Å². The van der Waals surface area contributed by atoms with Crippen LogP contribution < -0.4 is 10.6 Å². The van der Waals surface area contributed by atoms with Crippen molar-refractivity contribution in [3.05, 3.63) is 35.4 Å². The largest absolute Gasteiger partial charge is 0.385 e. The smallest absolute Gasteiger partial charge is 0.191 e. The van der Waals surface area contributed by atoms with Gasteiger partial charge in [-0.15, -0.1) is 0 Å². The molecular weight excluding hydrogens is 310 g/mol. The summed E-state index contributed by atoms with van der Waals surface area (Å²) >= 11 is 0. The van der Waals surface area contributed by atoms with Gasteiger partial charge in [-0.1, -0.05) is 30.7 Å². The Balaban J connectivity index is 1.50. The molecule has 0 amide bonds. The van der Waals surface area contributed by atoms with Crippen LogP contribution in [0, 0.1) is 5.41 Å². The number of ether oxygens (including phenoxy) is 1. The molecule has 0 bridgehead atoms. The lowest BCUT2D eigenvalue weighted by Crippen LogP contribution is -2.47. The summed E-state index contributed by atoms with van der Waals surface area (Å²) in [7, 11) is 3.66. The number of benzene rings is 1. The van der Waals surface area contributed by atoms with Crippen molar-refractivity contribution < 1.29 is 4.74 Å². The predicted octanol–water partition coefficient (Wildman–Crippen LogP) is 3.48. The number of nitrogens with zero attached hydrogens (tertiary/aromatic N) is 1. The van der Waals surface area contributed by atoms with E-state index < -0.39 is 0 Å². The number of aryl methyl sites for hydroxylation is 1. The fraction of sp³-hybridized carbons (Fsp3) is 0.667. The van der Waals surface area contributed by atoms with Gasteiger partial charge in [0.2, 0.25) is 0 Å². The Morgan fingerprint density at radius 3 is 2.80 bits per heavy atom. The molecule has 1 saturated carbocycles. The second-order valence-corrected chi connectivity index (χ2v) is 7.69. The van der Waals surface area contributed by atoms with Gasteiger partial charge in [-0.25, -0.2) is 0 Å². The average Bonchev–Trinajstić information content (AvgIpc) is 2.63. The quantitative estimate of drug-likeness (QED) is 0.588. The number of hydrogen-bond donors (Lipinski definition) is 2. The minimum atomic E-state index is 0.408. The summed E-state index contributed by atoms with van der Waals surface area (Å²) in [5.41, 5.74) is 3.45. The average molecular weight is 344 g/mol. The Morgan fingerprint density at radius 1 is 1.24 bits per heavy atom. The molecular formula is C21H33N3O. The number of rotatable bonds is 7. The van der Waals surface area contributed by atoms with E-state index in [4.69, 9.17) is 4.74 Å². The van der Waals surface area contributed by atoms with E-state index in [1.807, 2.05) is 7.05 Å². The molecule has 25 heavy (non-hydrogen) atoms. The lowest BCUT2D eigenvalue weighted by Gasteiger charge is -2.42. The fourth-order valence-corrected chi connectivity index (χ4v) is 4.29. The molecule has 4 heteroatoms. The van der Waals surface area contributed by atoms with Gasteiger partial charge in [0.05, 0.1) is 0 Å². The third kappa shape index (κ3) is 4.55. The lowest BCUT2D eigenvalue weighted by atomic mass is 9.67. The predicted molar refractivity (Wildman–Crippen MR) is 104 cm³/mol. The van der Waals surface area contributed by atoms with E-state index >= 15 is 0 Å². The van der Waals surface area contributed by atoms with E-state index in [-0.39, 0.29) is 0 Å². The van der Waals surface area contributed by atoms with Crippen molar-refractivity contribution in [3.8, 4) is 0 Å². The van der Waals surface area contributed by atoms with Crippen LogP contribution in [0.3, 0.4) is 0 Å². The third-order valence-corrected chi connectivity index (χ3v) is 6.11. The molecule has 2 aliphatic carbocycles. The van der Waals surface area contributed by atoms with E-state index in [9.17, 15) is 0 Å². The van der Waals surface area contributed by atoms with E-state index in [0.29, 0.717) is 11.3 Å². The zero-order valence-corrected chi connectivity index (χ0v) is 15.8. The maximum Gasteiger partial charge on any atom is 0.191 e. The normalized spacial score (nSPS) is 22.0. The Hall–Kier alpha value is -1.55. The molecule has 1 unspecified atom stereocenters. The molecule has 4 nitrogen and oxygen atoms in total. The van der Waals surface area contributed by atoms with Crippen molar-refractivity contribution in [1.82, 2.24) is 10.6 Å². The summed E-state index contributed by atoms with van der Waals surface area (Å²) in [6.07, 6.45) is 8.86. The summed E-state index contributed by atoms with van der Waals surface area (Å²) in [4.78, 5) is 4.43. The summed E-state index contributed by atoms with van der Waals surface area (Å²) in [6.45, 7) is 2.81. The van der Waals surface area contributed by atoms with Gasteiger partial charge in [0, 0.05) is 39.8 Å². The van der Waals surface area contributed by atoms with Gasteiger partial charge in [0.15, 0.2) is 5.96 Å². The van der Waals surface area contributed by atoms with Crippen LogP contribution in [-0.2, 0) is 11.2 Å². The van der Waals surface area contributed by atoms with Crippen molar-refractivity contribution in [2.75, 3.05) is 33.9 Å². The maximum absolute atomic E-state index is 5.29. The molecule has 1 aromatic rings. The van der Waals surface area contributed by atoms with Crippen molar-refractivity contribution in [2.24, 2.45) is 10.4 Å². The van der Waals surface area contributed by atoms with Gasteiger partial charge in [-0.2, -0.15) is 0 Å². The number of hydrogen-bond acceptors (Lipinski definition) is 2. The fourth-order valence-electron chi connectivity index (χ4n) is 4.29. The number of methoxy groups -OCH3 is 1. The Bertz CT molecular complexity index is 580. The highest BCUT2D eigenvalue weighted by molar-refractivity contribution is 5.79. The van der Waals surface area contributed by atoms with Gasteiger partial charge in [-0.05, 0) is 55.1 Å². The monoisotopic (exact) mass is 343 g/mol. The first-order valence-corrected chi connectivity index (χ1v) is 9.78. The molecule has 0 spiro atoms. The summed E-state index contributed by atoms with van der Waals surface area (Å²) in [5, 5.41) is 7.13. The molecule has 138 valence electrons. The first kappa shape index (κ1) is 18.2. The molecule has 1 fully saturated rings. The van der Waals surface area contributed by atoms with Crippen LogP contribution >= 0.6 is 0 Å². The highest BCUT2D eigenvalue weighted by Crippen LogP contribution is 2.43. The topological polar surface area (TPSA) is 45.7 Å². The van der Waals surface area contributed by atoms with Crippen molar-refractivity contribution in [2.45, 2.75) is 50.9 Å². The summed E-state index contributed by atoms with van der Waals surface area (Å²) < 4.78 is 5.29. The van der Waals surface area contributed by atoms with Gasteiger partial charge >= 0.3 is 0 Å². The van der Waals surface area contributed by atoms with Crippen LogP contribution in [0.15, 0.2) is 29.3 Å². The Labute approximate surface area is 152 Å². The third-order valence-electron chi connectivity index (χ3n) is 6.11. The SMILES string of the molecule is CN=C(NCC1CCCc2ccccc21)NCC1(CCOC)CCC1. The second kappa shape index (κ2) is 8.70. The zero-order valence-electron chi connectivity index (χ0n) is 15.8. The van der Waals surface area contributed by atoms with Crippen LogP contribution in [0.5, 0.6) is 0 Å². The second-order valence-electron chi connectivity index (χ2n) is 7.69. The first-order valence-electron chi connectivity index (χ1n) is 9.78. The van der Waals surface area contributed by atoms with Crippen LogP contribution in [0.4, 0.5) is 0 Å². The Kier molecular flexibility index (Phi) is 6.35. The molecule has 2 aliphatic rings. The number of fused-ring (bicyclic) bond motifs is 1. The lowest BCUT2D eigenvalue weighted by molar-refractivity contribution is 0.0732. The Morgan fingerprint density at radius 2 is 2.08 bits per heavy atom. The van der Waals surface area contributed by atoms with Crippen LogP contribution in [0.25, 0.3) is 0 Å². The van der Waals surface area contributed by atoms with Crippen molar-refractivity contribution >= 4 is 5.96 Å². The molecule has 2 N–H and O–H groups in total. The number of aliphatic imine (C=N–C) groups is 1. The van der Waals surface area contributed by atoms with Gasteiger partial charge in [-0.3, -0.25) is 4.99 Å². The maximum atomic E-state index is 5.29. The van der Waals surface area contributed by atoms with Crippen LogP contribution in [0.1, 0.15) is 55.6 Å². The van der Waals surface area contributed by atoms with E-state index in [2.05, 4.69) is 39.9 Å². The molecule has 1 atom stereocenters. The van der Waals surface area contributed by atoms with Crippen molar-refractivity contribution in [1.29, 1.82) is 0 Å². The highest BCUT2D eigenvalue weighted by atomic mass is 16.5. The zero-order chi connectivity index (χ0) is 17.5. The first-order chi connectivity index (χ1) is 12.3. The highest BCUT2D eigenvalue weighted by Gasteiger charge is 2.36. The van der Waals surface area contributed by atoms with Crippen LogP contribution in [-0.4, -0.2) is 39.8 Å². The van der Waals surface area contributed by atoms with Crippen molar-refractivity contribution in [3.63, 3.8) is 0 Å². The molecule has 0 saturated heterocycles. The summed E-state index contributed by atoms with van der Waals surface area (Å²) in [5.74, 6) is 1.53. The van der Waals surface area contributed by atoms with Gasteiger partial charge < -0.3 is 15.4 Å². The molecule has 0 radical (unpaired) electrons. The molecule has 1 aromatic carbocycles. The minimum absolute atomic E-state index is 0.408. The van der Waals surface area contributed by atoms with E-state index in [0.717, 1.165) is 32.1 Å².